The maximum atomic E-state index is 4.97. The van der Waals surface area contributed by atoms with Crippen molar-refractivity contribution in [3.05, 3.63) is 81.8 Å². The summed E-state index contributed by atoms with van der Waals surface area (Å²) in [4.78, 5) is 14.8. The van der Waals surface area contributed by atoms with Gasteiger partial charge in [0.2, 0.25) is 0 Å². The Morgan fingerprint density at radius 2 is 1.53 bits per heavy atom. The van der Waals surface area contributed by atoms with Crippen molar-refractivity contribution in [2.24, 2.45) is 0 Å². The average molecular weight is 453 g/mol. The van der Waals surface area contributed by atoms with Crippen LogP contribution in [0.15, 0.2) is 42.5 Å². The third-order valence-electron chi connectivity index (χ3n) is 7.30. The summed E-state index contributed by atoms with van der Waals surface area (Å²) in [5, 5.41) is 4.97. The van der Waals surface area contributed by atoms with E-state index in [4.69, 9.17) is 15.1 Å². The molecule has 1 fully saturated rings. The zero-order chi connectivity index (χ0) is 23.2. The fraction of sp³-hybridized carbons (Fsp3) is 0.393. The molecule has 2 aromatic heterocycles. The van der Waals surface area contributed by atoms with Gasteiger partial charge in [0, 0.05) is 43.9 Å². The Morgan fingerprint density at radius 3 is 2.32 bits per heavy atom. The third kappa shape index (κ3) is 3.81. The molecule has 2 aliphatic rings. The summed E-state index contributed by atoms with van der Waals surface area (Å²) in [6.45, 7) is 10.5. The maximum Gasteiger partial charge on any atom is 0.254 e. The minimum Gasteiger partial charge on any atom is -0.368 e. The van der Waals surface area contributed by atoms with Gasteiger partial charge < -0.3 is 9.80 Å². The monoisotopic (exact) mass is 452 g/mol. The number of hydrogen-bond donors (Lipinski definition) is 0. The highest BCUT2D eigenvalue weighted by molar-refractivity contribution is 5.60. The first-order chi connectivity index (χ1) is 16.5. The van der Waals surface area contributed by atoms with Crippen LogP contribution >= 0.6 is 0 Å². The average Bonchev–Trinajstić information content (AvgIpc) is 3.47. The number of benzene rings is 2. The Bertz CT molecular complexity index is 1350. The number of aryl methyl sites for hydroxylation is 4. The lowest BCUT2D eigenvalue weighted by atomic mass is 10.1. The Hall–Kier alpha value is -3.41. The van der Waals surface area contributed by atoms with Gasteiger partial charge in [-0.15, -0.1) is 5.10 Å². The molecule has 0 radical (unpaired) electrons. The molecule has 0 N–H and O–H groups in total. The van der Waals surface area contributed by atoms with E-state index in [0.717, 1.165) is 57.0 Å². The molecule has 34 heavy (non-hydrogen) atoms. The normalized spacial score (nSPS) is 15.9. The summed E-state index contributed by atoms with van der Waals surface area (Å²) in [5.74, 6) is 2.81. The van der Waals surface area contributed by atoms with E-state index in [2.05, 4.69) is 73.0 Å². The van der Waals surface area contributed by atoms with Gasteiger partial charge in [0.25, 0.3) is 5.78 Å². The first-order valence-corrected chi connectivity index (χ1v) is 12.5. The second-order valence-corrected chi connectivity index (χ2v) is 9.88. The SMILES string of the molecule is Cc1ccc(Cc2nc3nc4c(c(N5CCN(c6cc(C)ccc6C)CC5)n3n2)CCC4)cc1. The largest absolute Gasteiger partial charge is 0.368 e. The predicted molar refractivity (Wildman–Crippen MR) is 137 cm³/mol. The molecule has 0 amide bonds. The van der Waals surface area contributed by atoms with Crippen LogP contribution in [0.4, 0.5) is 11.5 Å². The highest BCUT2D eigenvalue weighted by atomic mass is 15.4. The van der Waals surface area contributed by atoms with Gasteiger partial charge >= 0.3 is 0 Å². The van der Waals surface area contributed by atoms with Crippen LogP contribution in [0.3, 0.4) is 0 Å². The summed E-state index contributed by atoms with van der Waals surface area (Å²) in [7, 11) is 0. The number of anilines is 2. The molecule has 6 heteroatoms. The predicted octanol–water partition coefficient (Wildman–Crippen LogP) is 4.46. The second-order valence-electron chi connectivity index (χ2n) is 9.88. The van der Waals surface area contributed by atoms with Crippen LogP contribution in [0, 0.1) is 20.8 Å². The fourth-order valence-electron chi connectivity index (χ4n) is 5.41. The van der Waals surface area contributed by atoms with Crippen molar-refractivity contribution >= 4 is 17.3 Å². The fourth-order valence-corrected chi connectivity index (χ4v) is 5.41. The summed E-state index contributed by atoms with van der Waals surface area (Å²) >= 11 is 0. The van der Waals surface area contributed by atoms with Crippen molar-refractivity contribution in [1.29, 1.82) is 0 Å². The molecule has 6 nitrogen and oxygen atoms in total. The summed E-state index contributed by atoms with van der Waals surface area (Å²) in [6, 6.07) is 15.4. The Labute approximate surface area is 201 Å². The first kappa shape index (κ1) is 21.1. The summed E-state index contributed by atoms with van der Waals surface area (Å²) in [5.41, 5.74) is 9.13. The Morgan fingerprint density at radius 1 is 0.794 bits per heavy atom. The quantitative estimate of drug-likeness (QED) is 0.458. The van der Waals surface area contributed by atoms with Crippen LogP contribution in [0.5, 0.6) is 0 Å². The number of piperazine rings is 1. The standard InChI is InChI=1S/C28H32N6/c1-19-8-11-22(12-9-19)18-26-30-28-29-24-6-4-5-23(24)27(34(28)31-26)33-15-13-32(14-16-33)25-17-20(2)7-10-21(25)3/h7-12,17H,4-6,13-16,18H2,1-3H3. The van der Waals surface area contributed by atoms with Gasteiger partial charge in [-0.3, -0.25) is 0 Å². The van der Waals surface area contributed by atoms with E-state index in [1.165, 1.54) is 51.4 Å². The zero-order valence-electron chi connectivity index (χ0n) is 20.4. The molecule has 1 aliphatic carbocycles. The number of nitrogens with zero attached hydrogens (tertiary/aromatic N) is 6. The molecule has 0 unspecified atom stereocenters. The summed E-state index contributed by atoms with van der Waals surface area (Å²) in [6.07, 6.45) is 4.02. The van der Waals surface area contributed by atoms with Crippen LogP contribution in [-0.2, 0) is 19.3 Å². The van der Waals surface area contributed by atoms with Gasteiger partial charge in [0.05, 0.1) is 5.69 Å². The molecule has 2 aromatic carbocycles. The molecule has 6 rings (SSSR count). The number of hydrogen-bond acceptors (Lipinski definition) is 5. The lowest BCUT2D eigenvalue weighted by Gasteiger charge is -2.38. The highest BCUT2D eigenvalue weighted by Crippen LogP contribution is 2.32. The molecular formula is C28H32N6. The smallest absolute Gasteiger partial charge is 0.254 e. The van der Waals surface area contributed by atoms with Crippen LogP contribution < -0.4 is 9.80 Å². The van der Waals surface area contributed by atoms with Crippen molar-refractivity contribution < 1.29 is 0 Å². The third-order valence-corrected chi connectivity index (χ3v) is 7.30. The molecule has 0 saturated carbocycles. The van der Waals surface area contributed by atoms with Crippen molar-refractivity contribution in [3.63, 3.8) is 0 Å². The minimum atomic E-state index is 0.730. The minimum absolute atomic E-state index is 0.730. The van der Waals surface area contributed by atoms with Crippen LogP contribution in [0.1, 0.15) is 45.8 Å². The van der Waals surface area contributed by atoms with Crippen LogP contribution in [0.25, 0.3) is 5.78 Å². The molecule has 1 saturated heterocycles. The van der Waals surface area contributed by atoms with Crippen molar-refractivity contribution in [2.75, 3.05) is 36.0 Å². The molecule has 4 aromatic rings. The van der Waals surface area contributed by atoms with Gasteiger partial charge in [-0.25, -0.2) is 4.98 Å². The molecule has 3 heterocycles. The molecule has 174 valence electrons. The maximum absolute atomic E-state index is 4.97. The second kappa shape index (κ2) is 8.42. The van der Waals surface area contributed by atoms with Crippen molar-refractivity contribution in [1.82, 2.24) is 19.6 Å². The molecule has 0 spiro atoms. The van der Waals surface area contributed by atoms with Gasteiger partial charge in [-0.05, 0) is 62.8 Å². The highest BCUT2D eigenvalue weighted by Gasteiger charge is 2.28. The van der Waals surface area contributed by atoms with Crippen molar-refractivity contribution in [2.45, 2.75) is 46.5 Å². The molecule has 1 aliphatic heterocycles. The first-order valence-electron chi connectivity index (χ1n) is 12.5. The Balaban J connectivity index is 1.31. The van der Waals surface area contributed by atoms with E-state index >= 15 is 0 Å². The van der Waals surface area contributed by atoms with Gasteiger partial charge in [0.15, 0.2) is 5.82 Å². The molecule has 0 atom stereocenters. The van der Waals surface area contributed by atoms with E-state index < -0.39 is 0 Å². The van der Waals surface area contributed by atoms with E-state index in [9.17, 15) is 0 Å². The Kier molecular flexibility index (Phi) is 5.24. The lowest BCUT2D eigenvalue weighted by Crippen LogP contribution is -2.47. The topological polar surface area (TPSA) is 49.6 Å². The van der Waals surface area contributed by atoms with E-state index in [-0.39, 0.29) is 0 Å². The number of rotatable bonds is 4. The molecule has 0 bridgehead atoms. The van der Waals surface area contributed by atoms with E-state index in [1.54, 1.807) is 0 Å². The summed E-state index contributed by atoms with van der Waals surface area (Å²) < 4.78 is 2.03. The van der Waals surface area contributed by atoms with Gasteiger partial charge in [0.1, 0.15) is 5.82 Å². The van der Waals surface area contributed by atoms with Crippen molar-refractivity contribution in [3.8, 4) is 0 Å². The zero-order valence-corrected chi connectivity index (χ0v) is 20.4. The lowest BCUT2D eigenvalue weighted by molar-refractivity contribution is 0.634. The van der Waals surface area contributed by atoms with E-state index in [0.29, 0.717) is 0 Å². The number of fused-ring (bicyclic) bond motifs is 2. The van der Waals surface area contributed by atoms with Gasteiger partial charge in [-0.2, -0.15) is 9.50 Å². The molecular weight excluding hydrogens is 420 g/mol. The van der Waals surface area contributed by atoms with Gasteiger partial charge in [-0.1, -0.05) is 42.0 Å². The van der Waals surface area contributed by atoms with Crippen LogP contribution in [-0.4, -0.2) is 45.8 Å². The number of aromatic nitrogens is 4. The van der Waals surface area contributed by atoms with E-state index in [1.807, 2.05) is 4.52 Å². The van der Waals surface area contributed by atoms with Crippen LogP contribution in [0.2, 0.25) is 0 Å².